The van der Waals surface area contributed by atoms with Crippen molar-refractivity contribution in [3.63, 3.8) is 0 Å². The van der Waals surface area contributed by atoms with Gasteiger partial charge in [-0.3, -0.25) is 4.79 Å². The van der Waals surface area contributed by atoms with Gasteiger partial charge in [-0.05, 0) is 61.4 Å². The second-order valence-electron chi connectivity index (χ2n) is 8.28. The van der Waals surface area contributed by atoms with E-state index in [9.17, 15) is 4.79 Å². The summed E-state index contributed by atoms with van der Waals surface area (Å²) < 4.78 is 23.1. The van der Waals surface area contributed by atoms with E-state index in [1.165, 1.54) is 0 Å². The minimum absolute atomic E-state index is 0.103. The lowest BCUT2D eigenvalue weighted by Crippen LogP contribution is -2.20. The van der Waals surface area contributed by atoms with Crippen LogP contribution in [-0.2, 0) is 11.3 Å². The molecule has 1 unspecified atom stereocenters. The molecular weight excluding hydrogens is 444 g/mol. The quantitative estimate of drug-likeness (QED) is 0.423. The molecule has 4 rings (SSSR count). The molecule has 0 bridgehead atoms. The van der Waals surface area contributed by atoms with Gasteiger partial charge >= 0.3 is 0 Å². The van der Waals surface area contributed by atoms with Crippen molar-refractivity contribution in [2.45, 2.75) is 32.9 Å². The van der Waals surface area contributed by atoms with Crippen LogP contribution in [0.2, 0.25) is 0 Å². The van der Waals surface area contributed by atoms with Crippen molar-refractivity contribution < 1.29 is 23.7 Å². The SMILES string of the molecule is CCOc1cc(CNC(C)c2ccc3c(c2)OCCCO3)ccc1OCC(=O)Nc1ccccc1. The summed E-state index contributed by atoms with van der Waals surface area (Å²) in [4.78, 5) is 12.2. The highest BCUT2D eigenvalue weighted by molar-refractivity contribution is 5.91. The van der Waals surface area contributed by atoms with E-state index in [1.807, 2.05) is 67.6 Å². The molecule has 1 amide bonds. The van der Waals surface area contributed by atoms with E-state index >= 15 is 0 Å². The van der Waals surface area contributed by atoms with Crippen LogP contribution < -0.4 is 29.6 Å². The Morgan fingerprint density at radius 3 is 2.54 bits per heavy atom. The molecule has 1 aliphatic rings. The number of hydrogen-bond acceptors (Lipinski definition) is 6. The van der Waals surface area contributed by atoms with E-state index in [2.05, 4.69) is 23.6 Å². The fourth-order valence-corrected chi connectivity index (χ4v) is 3.75. The van der Waals surface area contributed by atoms with Gasteiger partial charge in [0.05, 0.1) is 19.8 Å². The molecule has 0 radical (unpaired) electrons. The first-order chi connectivity index (χ1) is 17.1. The topological polar surface area (TPSA) is 78.1 Å². The van der Waals surface area contributed by atoms with Crippen LogP contribution in [0.1, 0.15) is 37.4 Å². The number of ether oxygens (including phenoxy) is 4. The van der Waals surface area contributed by atoms with Gasteiger partial charge in [-0.25, -0.2) is 0 Å². The smallest absolute Gasteiger partial charge is 0.262 e. The van der Waals surface area contributed by atoms with Crippen molar-refractivity contribution >= 4 is 11.6 Å². The van der Waals surface area contributed by atoms with Crippen LogP contribution in [0.25, 0.3) is 0 Å². The Morgan fingerprint density at radius 2 is 1.74 bits per heavy atom. The van der Waals surface area contributed by atoms with Crippen molar-refractivity contribution in [1.29, 1.82) is 0 Å². The van der Waals surface area contributed by atoms with Crippen LogP contribution >= 0.6 is 0 Å². The van der Waals surface area contributed by atoms with Crippen molar-refractivity contribution in [3.8, 4) is 23.0 Å². The predicted molar refractivity (Wildman–Crippen MR) is 135 cm³/mol. The Balaban J connectivity index is 1.34. The number of amides is 1. The molecular formula is C28H32N2O5. The maximum atomic E-state index is 12.2. The number of para-hydroxylation sites is 1. The Hall–Kier alpha value is -3.71. The molecule has 1 aliphatic heterocycles. The van der Waals surface area contributed by atoms with Crippen molar-refractivity contribution in [1.82, 2.24) is 5.32 Å². The lowest BCUT2D eigenvalue weighted by Gasteiger charge is -2.18. The fourth-order valence-electron chi connectivity index (χ4n) is 3.75. The first-order valence-corrected chi connectivity index (χ1v) is 12.0. The molecule has 7 nitrogen and oxygen atoms in total. The average molecular weight is 477 g/mol. The Morgan fingerprint density at radius 1 is 0.943 bits per heavy atom. The summed E-state index contributed by atoms with van der Waals surface area (Å²) >= 11 is 0. The van der Waals surface area contributed by atoms with Crippen LogP contribution in [0.5, 0.6) is 23.0 Å². The number of benzene rings is 3. The van der Waals surface area contributed by atoms with E-state index < -0.39 is 0 Å². The fraction of sp³-hybridized carbons (Fsp3) is 0.321. The molecule has 7 heteroatoms. The summed E-state index contributed by atoms with van der Waals surface area (Å²) in [6.07, 6.45) is 0.886. The molecule has 1 atom stereocenters. The summed E-state index contributed by atoms with van der Waals surface area (Å²) in [5.74, 6) is 2.52. The van der Waals surface area contributed by atoms with Gasteiger partial charge < -0.3 is 29.6 Å². The molecule has 0 saturated carbocycles. The number of anilines is 1. The third-order valence-electron chi connectivity index (χ3n) is 5.61. The summed E-state index contributed by atoms with van der Waals surface area (Å²) in [5, 5.41) is 6.36. The van der Waals surface area contributed by atoms with Crippen LogP contribution in [0.15, 0.2) is 66.7 Å². The zero-order chi connectivity index (χ0) is 24.5. The highest BCUT2D eigenvalue weighted by Gasteiger charge is 2.14. The van der Waals surface area contributed by atoms with Crippen LogP contribution in [-0.4, -0.2) is 32.3 Å². The Labute approximate surface area is 206 Å². The third-order valence-corrected chi connectivity index (χ3v) is 5.61. The lowest BCUT2D eigenvalue weighted by atomic mass is 10.1. The highest BCUT2D eigenvalue weighted by atomic mass is 16.5. The monoisotopic (exact) mass is 476 g/mol. The number of carbonyl (C=O) groups excluding carboxylic acids is 1. The molecule has 0 saturated heterocycles. The molecule has 2 N–H and O–H groups in total. The second kappa shape index (κ2) is 12.1. The maximum absolute atomic E-state index is 12.2. The molecule has 0 aliphatic carbocycles. The molecule has 0 fully saturated rings. The zero-order valence-corrected chi connectivity index (χ0v) is 20.2. The van der Waals surface area contributed by atoms with E-state index in [0.717, 1.165) is 34.7 Å². The highest BCUT2D eigenvalue weighted by Crippen LogP contribution is 2.33. The average Bonchev–Trinajstić information content (AvgIpc) is 3.12. The van der Waals surface area contributed by atoms with Gasteiger partial charge in [0.15, 0.2) is 29.6 Å². The van der Waals surface area contributed by atoms with Crippen molar-refractivity contribution in [3.05, 3.63) is 77.9 Å². The van der Waals surface area contributed by atoms with Gasteiger partial charge in [-0.2, -0.15) is 0 Å². The Bertz CT molecular complexity index is 1120. The molecule has 35 heavy (non-hydrogen) atoms. The number of carbonyl (C=O) groups is 1. The largest absolute Gasteiger partial charge is 0.490 e. The van der Waals surface area contributed by atoms with Gasteiger partial charge in [0.2, 0.25) is 0 Å². The number of fused-ring (bicyclic) bond motifs is 1. The van der Waals surface area contributed by atoms with Crippen LogP contribution in [0, 0.1) is 0 Å². The van der Waals surface area contributed by atoms with E-state index in [4.69, 9.17) is 18.9 Å². The first kappa shape index (κ1) is 24.4. The van der Waals surface area contributed by atoms with Crippen LogP contribution in [0.3, 0.4) is 0 Å². The number of nitrogens with one attached hydrogen (secondary N) is 2. The zero-order valence-electron chi connectivity index (χ0n) is 20.2. The van der Waals surface area contributed by atoms with E-state index in [1.54, 1.807) is 0 Å². The van der Waals surface area contributed by atoms with Gasteiger partial charge in [0.25, 0.3) is 5.91 Å². The normalized spacial score (nSPS) is 13.4. The molecule has 184 valence electrons. The summed E-state index contributed by atoms with van der Waals surface area (Å²) in [6, 6.07) is 21.3. The summed E-state index contributed by atoms with van der Waals surface area (Å²) in [6.45, 7) is 6.42. The first-order valence-electron chi connectivity index (χ1n) is 12.0. The Kier molecular flexibility index (Phi) is 8.46. The van der Waals surface area contributed by atoms with E-state index in [-0.39, 0.29) is 18.6 Å². The molecule has 3 aromatic carbocycles. The van der Waals surface area contributed by atoms with Crippen LogP contribution in [0.4, 0.5) is 5.69 Å². The predicted octanol–water partition coefficient (Wildman–Crippen LogP) is 5.11. The molecule has 0 spiro atoms. The minimum atomic E-state index is -0.228. The van der Waals surface area contributed by atoms with Crippen molar-refractivity contribution in [2.24, 2.45) is 0 Å². The molecule has 3 aromatic rings. The summed E-state index contributed by atoms with van der Waals surface area (Å²) in [5.41, 5.74) is 2.91. The number of rotatable bonds is 10. The number of hydrogen-bond donors (Lipinski definition) is 2. The lowest BCUT2D eigenvalue weighted by molar-refractivity contribution is -0.118. The van der Waals surface area contributed by atoms with Crippen molar-refractivity contribution in [2.75, 3.05) is 31.7 Å². The van der Waals surface area contributed by atoms with Gasteiger partial charge in [0.1, 0.15) is 0 Å². The van der Waals surface area contributed by atoms with Gasteiger partial charge in [-0.1, -0.05) is 30.3 Å². The molecule has 0 aromatic heterocycles. The summed E-state index contributed by atoms with van der Waals surface area (Å²) in [7, 11) is 0. The minimum Gasteiger partial charge on any atom is -0.490 e. The second-order valence-corrected chi connectivity index (χ2v) is 8.28. The molecule has 1 heterocycles. The third kappa shape index (κ3) is 6.90. The van der Waals surface area contributed by atoms with Gasteiger partial charge in [0, 0.05) is 24.7 Å². The standard InChI is InChI=1S/C28H32N2O5/c1-3-32-26-16-21(10-12-25(26)35-19-28(31)30-23-8-5-4-6-9-23)18-29-20(2)22-11-13-24-27(17-22)34-15-7-14-33-24/h4-6,8-13,16-17,20,29H,3,7,14-15,18-19H2,1-2H3,(H,30,31). The van der Waals surface area contributed by atoms with E-state index in [0.29, 0.717) is 37.9 Å². The van der Waals surface area contributed by atoms with Gasteiger partial charge in [-0.15, -0.1) is 0 Å². The maximum Gasteiger partial charge on any atom is 0.262 e.